The number of aryl methyl sites for hydroxylation is 2. The van der Waals surface area contributed by atoms with E-state index in [9.17, 15) is 9.90 Å². The summed E-state index contributed by atoms with van der Waals surface area (Å²) in [7, 11) is 1.82. The first-order chi connectivity index (χ1) is 9.02. The molecule has 100 valence electrons. The van der Waals surface area contributed by atoms with Gasteiger partial charge >= 0.3 is 0 Å². The van der Waals surface area contributed by atoms with E-state index in [0.717, 1.165) is 5.56 Å². The Labute approximate surface area is 112 Å². The lowest BCUT2D eigenvalue weighted by molar-refractivity contribution is 0.0984. The summed E-state index contributed by atoms with van der Waals surface area (Å²) < 4.78 is 1.73. The average molecular weight is 259 g/mol. The van der Waals surface area contributed by atoms with Crippen molar-refractivity contribution in [3.63, 3.8) is 0 Å². The maximum atomic E-state index is 12.4. The van der Waals surface area contributed by atoms with Crippen LogP contribution < -0.4 is 4.90 Å². The summed E-state index contributed by atoms with van der Waals surface area (Å²) in [4.78, 5) is 18.1. The maximum absolute atomic E-state index is 12.4. The minimum atomic E-state index is -0.170. The number of carbonyl (C=O) groups is 1. The summed E-state index contributed by atoms with van der Waals surface area (Å²) >= 11 is 0. The molecule has 0 aliphatic carbocycles. The molecule has 5 nitrogen and oxygen atoms in total. The number of anilines is 1. The predicted octanol–water partition coefficient (Wildman–Crippen LogP) is 2.10. The quantitative estimate of drug-likeness (QED) is 0.918. The molecule has 2 aromatic rings. The van der Waals surface area contributed by atoms with E-state index in [1.807, 2.05) is 20.9 Å². The Morgan fingerprint density at radius 3 is 2.79 bits per heavy atom. The zero-order valence-electron chi connectivity index (χ0n) is 11.3. The van der Waals surface area contributed by atoms with Gasteiger partial charge in [0.2, 0.25) is 0 Å². The predicted molar refractivity (Wildman–Crippen MR) is 73.4 cm³/mol. The fourth-order valence-corrected chi connectivity index (χ4v) is 1.97. The van der Waals surface area contributed by atoms with Gasteiger partial charge in [-0.1, -0.05) is 6.07 Å². The fourth-order valence-electron chi connectivity index (χ4n) is 1.97. The van der Waals surface area contributed by atoms with Crippen LogP contribution in [0.25, 0.3) is 0 Å². The first-order valence-corrected chi connectivity index (χ1v) is 6.12. The van der Waals surface area contributed by atoms with Crippen molar-refractivity contribution in [3.05, 3.63) is 42.0 Å². The van der Waals surface area contributed by atoms with Gasteiger partial charge in [0.25, 0.3) is 5.91 Å². The average Bonchev–Trinajstić information content (AvgIpc) is 2.81. The van der Waals surface area contributed by atoms with Gasteiger partial charge in [0, 0.05) is 25.9 Å². The molecule has 0 atom stereocenters. The summed E-state index contributed by atoms with van der Waals surface area (Å²) in [6.07, 6.45) is 3.28. The Hall–Kier alpha value is -2.30. The molecule has 0 saturated carbocycles. The zero-order chi connectivity index (χ0) is 14.0. The summed E-state index contributed by atoms with van der Waals surface area (Å²) in [6, 6.07) is 5.00. The molecule has 0 fully saturated rings. The Morgan fingerprint density at radius 1 is 1.47 bits per heavy atom. The van der Waals surface area contributed by atoms with Crippen LogP contribution in [0.3, 0.4) is 0 Å². The molecule has 1 heterocycles. The van der Waals surface area contributed by atoms with E-state index in [1.165, 1.54) is 0 Å². The van der Waals surface area contributed by atoms with Gasteiger partial charge in [0.1, 0.15) is 11.4 Å². The van der Waals surface area contributed by atoms with Gasteiger partial charge in [-0.3, -0.25) is 4.79 Å². The maximum Gasteiger partial charge on any atom is 0.278 e. The molecule has 0 radical (unpaired) electrons. The smallest absolute Gasteiger partial charge is 0.278 e. The van der Waals surface area contributed by atoms with Gasteiger partial charge in [-0.05, 0) is 25.5 Å². The summed E-state index contributed by atoms with van der Waals surface area (Å²) in [5, 5.41) is 9.58. The van der Waals surface area contributed by atoms with E-state index in [1.54, 1.807) is 40.2 Å². The second-order valence-corrected chi connectivity index (χ2v) is 4.44. The number of aromatic nitrogens is 2. The SMILES string of the molecule is CCN(C(=O)c1cn(C)cn1)c1cc(O)ccc1C. The molecule has 0 bridgehead atoms. The number of hydrogen-bond donors (Lipinski definition) is 1. The molecule has 1 aromatic carbocycles. The van der Waals surface area contributed by atoms with Crippen molar-refractivity contribution >= 4 is 11.6 Å². The van der Waals surface area contributed by atoms with Crippen molar-refractivity contribution < 1.29 is 9.90 Å². The molecular formula is C14H17N3O2. The number of phenolic OH excluding ortho intramolecular Hbond substituents is 1. The van der Waals surface area contributed by atoms with Crippen LogP contribution in [-0.2, 0) is 7.05 Å². The molecule has 1 aromatic heterocycles. The molecule has 19 heavy (non-hydrogen) atoms. The molecule has 0 spiro atoms. The molecule has 0 unspecified atom stereocenters. The van der Waals surface area contributed by atoms with Crippen LogP contribution in [0.2, 0.25) is 0 Å². The summed E-state index contributed by atoms with van der Waals surface area (Å²) in [6.45, 7) is 4.31. The standard InChI is InChI=1S/C14H17N3O2/c1-4-17(13-7-11(18)6-5-10(13)2)14(19)12-8-16(3)9-15-12/h5-9,18H,4H2,1-3H3. The number of rotatable bonds is 3. The van der Waals surface area contributed by atoms with Crippen molar-refractivity contribution in [2.75, 3.05) is 11.4 Å². The van der Waals surface area contributed by atoms with E-state index in [2.05, 4.69) is 4.98 Å². The van der Waals surface area contributed by atoms with Crippen LogP contribution in [0.5, 0.6) is 5.75 Å². The monoisotopic (exact) mass is 259 g/mol. The third-order valence-corrected chi connectivity index (χ3v) is 2.97. The van der Waals surface area contributed by atoms with E-state index < -0.39 is 0 Å². The molecule has 5 heteroatoms. The van der Waals surface area contributed by atoms with Gasteiger partial charge in [-0.25, -0.2) is 4.98 Å². The van der Waals surface area contributed by atoms with Crippen LogP contribution >= 0.6 is 0 Å². The minimum Gasteiger partial charge on any atom is -0.508 e. The number of benzene rings is 1. The number of phenols is 1. The number of carbonyl (C=O) groups excluding carboxylic acids is 1. The topological polar surface area (TPSA) is 58.4 Å². The zero-order valence-corrected chi connectivity index (χ0v) is 11.3. The van der Waals surface area contributed by atoms with Crippen LogP contribution in [-0.4, -0.2) is 27.1 Å². The number of imidazole rings is 1. The second-order valence-electron chi connectivity index (χ2n) is 4.44. The second kappa shape index (κ2) is 5.14. The highest BCUT2D eigenvalue weighted by Gasteiger charge is 2.20. The summed E-state index contributed by atoms with van der Waals surface area (Å²) in [5.74, 6) is -0.0235. The van der Waals surface area contributed by atoms with E-state index in [0.29, 0.717) is 17.9 Å². The van der Waals surface area contributed by atoms with Crippen LogP contribution in [0.15, 0.2) is 30.7 Å². The Balaban J connectivity index is 2.39. The highest BCUT2D eigenvalue weighted by atomic mass is 16.3. The molecule has 1 amide bonds. The first-order valence-electron chi connectivity index (χ1n) is 6.12. The lowest BCUT2D eigenvalue weighted by Gasteiger charge is -2.22. The van der Waals surface area contributed by atoms with E-state index in [-0.39, 0.29) is 11.7 Å². The lowest BCUT2D eigenvalue weighted by Crippen LogP contribution is -2.31. The van der Waals surface area contributed by atoms with Crippen molar-refractivity contribution in [2.24, 2.45) is 7.05 Å². The number of nitrogens with zero attached hydrogens (tertiary/aromatic N) is 3. The van der Waals surface area contributed by atoms with E-state index >= 15 is 0 Å². The number of aromatic hydroxyl groups is 1. The molecule has 2 rings (SSSR count). The van der Waals surface area contributed by atoms with Crippen LogP contribution in [0, 0.1) is 6.92 Å². The van der Waals surface area contributed by atoms with Crippen molar-refractivity contribution in [3.8, 4) is 5.75 Å². The third kappa shape index (κ3) is 2.59. The van der Waals surface area contributed by atoms with Gasteiger partial charge in [0.15, 0.2) is 0 Å². The summed E-state index contributed by atoms with van der Waals surface area (Å²) in [5.41, 5.74) is 2.04. The van der Waals surface area contributed by atoms with Crippen LogP contribution in [0.1, 0.15) is 23.0 Å². The van der Waals surface area contributed by atoms with Crippen molar-refractivity contribution in [1.82, 2.24) is 9.55 Å². The van der Waals surface area contributed by atoms with Gasteiger partial charge in [0.05, 0.1) is 12.0 Å². The highest BCUT2D eigenvalue weighted by Crippen LogP contribution is 2.25. The Kier molecular flexibility index (Phi) is 3.55. The van der Waals surface area contributed by atoms with Gasteiger partial charge in [-0.2, -0.15) is 0 Å². The Morgan fingerprint density at radius 2 is 2.21 bits per heavy atom. The number of hydrogen-bond acceptors (Lipinski definition) is 3. The Bertz CT molecular complexity index is 604. The van der Waals surface area contributed by atoms with Crippen molar-refractivity contribution in [2.45, 2.75) is 13.8 Å². The van der Waals surface area contributed by atoms with Gasteiger partial charge < -0.3 is 14.6 Å². The fraction of sp³-hybridized carbons (Fsp3) is 0.286. The number of amides is 1. The van der Waals surface area contributed by atoms with E-state index in [4.69, 9.17) is 0 Å². The molecule has 0 aliphatic heterocycles. The normalized spacial score (nSPS) is 10.5. The first kappa shape index (κ1) is 13.1. The molecule has 1 N–H and O–H groups in total. The molecular weight excluding hydrogens is 242 g/mol. The molecule has 0 saturated heterocycles. The van der Waals surface area contributed by atoms with Gasteiger partial charge in [-0.15, -0.1) is 0 Å². The highest BCUT2D eigenvalue weighted by molar-refractivity contribution is 6.05. The molecule has 0 aliphatic rings. The van der Waals surface area contributed by atoms with Crippen molar-refractivity contribution in [1.29, 1.82) is 0 Å². The minimum absolute atomic E-state index is 0.146. The van der Waals surface area contributed by atoms with Crippen LogP contribution in [0.4, 0.5) is 5.69 Å². The third-order valence-electron chi connectivity index (χ3n) is 2.97. The lowest BCUT2D eigenvalue weighted by atomic mass is 10.1. The largest absolute Gasteiger partial charge is 0.508 e.